The molecular weight excluding hydrogens is 424 g/mol. The molecule has 4 rings (SSSR count). The molecule has 1 aromatic carbocycles. The van der Waals surface area contributed by atoms with Crippen LogP contribution in [0.4, 0.5) is 5.00 Å². The van der Waals surface area contributed by atoms with Crippen LogP contribution in [0.1, 0.15) is 20.2 Å². The van der Waals surface area contributed by atoms with Crippen molar-refractivity contribution in [3.05, 3.63) is 65.4 Å². The van der Waals surface area contributed by atoms with E-state index in [0.29, 0.717) is 23.1 Å². The van der Waals surface area contributed by atoms with Gasteiger partial charge in [-0.2, -0.15) is 0 Å². The first kappa shape index (κ1) is 20.5. The van der Waals surface area contributed by atoms with Gasteiger partial charge in [0.25, 0.3) is 11.8 Å². The maximum atomic E-state index is 12.2. The molecule has 0 bridgehead atoms. The first-order valence-corrected chi connectivity index (χ1v) is 10.2. The van der Waals surface area contributed by atoms with Crippen LogP contribution in [-0.2, 0) is 9.53 Å². The van der Waals surface area contributed by atoms with Crippen molar-refractivity contribution >= 4 is 34.1 Å². The number of ether oxygens (including phenoxy) is 3. The summed E-state index contributed by atoms with van der Waals surface area (Å²) in [4.78, 5) is 36.4. The highest BCUT2D eigenvalue weighted by atomic mass is 32.1. The number of furan rings is 1. The number of carbonyl (C=O) groups is 3. The Balaban J connectivity index is 1.20. The van der Waals surface area contributed by atoms with Crippen molar-refractivity contribution in [3.63, 3.8) is 0 Å². The number of hydrogen-bond donors (Lipinski definition) is 2. The third-order valence-corrected chi connectivity index (χ3v) is 5.20. The molecule has 2 N–H and O–H groups in total. The minimum absolute atomic E-state index is 0.157. The lowest BCUT2D eigenvalue weighted by Crippen LogP contribution is -2.42. The molecule has 9 nitrogen and oxygen atoms in total. The minimum atomic E-state index is -0.662. The van der Waals surface area contributed by atoms with Gasteiger partial charge >= 0.3 is 5.97 Å². The second-order valence-corrected chi connectivity index (χ2v) is 7.56. The van der Waals surface area contributed by atoms with E-state index in [-0.39, 0.29) is 23.3 Å². The fourth-order valence-electron chi connectivity index (χ4n) is 2.74. The lowest BCUT2D eigenvalue weighted by molar-refractivity contribution is -0.124. The number of rotatable bonds is 7. The zero-order valence-electron chi connectivity index (χ0n) is 16.2. The Morgan fingerprint density at radius 1 is 1.06 bits per heavy atom. The fourth-order valence-corrected chi connectivity index (χ4v) is 3.54. The summed E-state index contributed by atoms with van der Waals surface area (Å²) in [7, 11) is 0. The van der Waals surface area contributed by atoms with Crippen LogP contribution in [-0.4, -0.2) is 43.6 Å². The highest BCUT2D eigenvalue weighted by Crippen LogP contribution is 2.30. The normalized spacial score (nSPS) is 14.5. The Morgan fingerprint density at radius 3 is 2.71 bits per heavy atom. The molecule has 1 atom stereocenters. The van der Waals surface area contributed by atoms with E-state index in [1.165, 1.54) is 18.4 Å². The average Bonchev–Trinajstić information content (AvgIpc) is 3.48. The lowest BCUT2D eigenvalue weighted by atomic mass is 10.2. The molecule has 31 heavy (non-hydrogen) atoms. The van der Waals surface area contributed by atoms with Gasteiger partial charge in [0, 0.05) is 0 Å². The Morgan fingerprint density at radius 2 is 1.90 bits per heavy atom. The summed E-state index contributed by atoms with van der Waals surface area (Å²) in [5, 5.41) is 5.72. The fraction of sp³-hybridized carbons (Fsp3) is 0.190. The highest BCUT2D eigenvalue weighted by Gasteiger charge is 2.21. The largest absolute Gasteiger partial charge is 0.486 e. The van der Waals surface area contributed by atoms with Gasteiger partial charge < -0.3 is 29.3 Å². The van der Waals surface area contributed by atoms with Gasteiger partial charge in [-0.25, -0.2) is 4.79 Å². The molecule has 0 saturated carbocycles. The van der Waals surface area contributed by atoms with Crippen LogP contribution in [0.15, 0.2) is 59.2 Å². The van der Waals surface area contributed by atoms with Gasteiger partial charge in [0.2, 0.25) is 0 Å². The van der Waals surface area contributed by atoms with E-state index >= 15 is 0 Å². The molecule has 3 aromatic rings. The van der Waals surface area contributed by atoms with Crippen LogP contribution in [0.5, 0.6) is 11.5 Å². The summed E-state index contributed by atoms with van der Waals surface area (Å²) in [6.07, 6.45) is 1.05. The zero-order valence-corrected chi connectivity index (χ0v) is 17.0. The van der Waals surface area contributed by atoms with E-state index in [9.17, 15) is 14.4 Å². The van der Waals surface area contributed by atoms with E-state index in [2.05, 4.69) is 10.6 Å². The first-order valence-electron chi connectivity index (χ1n) is 9.35. The van der Waals surface area contributed by atoms with Gasteiger partial charge in [-0.05, 0) is 36.4 Å². The molecule has 0 aliphatic carbocycles. The molecule has 1 aliphatic rings. The summed E-state index contributed by atoms with van der Waals surface area (Å²) in [6.45, 7) is 0.0838. The van der Waals surface area contributed by atoms with Crippen LogP contribution >= 0.6 is 11.3 Å². The standard InChI is InChI=1S/C21H18N2O7S/c24-18(22-10-13-11-28-14-4-1-2-5-15(14)30-13)12-29-21(26)17-7-8-19(31-17)23-20(25)16-6-3-9-27-16/h1-9,13H,10-12H2,(H,22,24)(H,23,25). The van der Waals surface area contributed by atoms with Gasteiger partial charge in [-0.15, -0.1) is 11.3 Å². The predicted octanol–water partition coefficient (Wildman–Crippen LogP) is 2.71. The molecule has 1 unspecified atom stereocenters. The van der Waals surface area contributed by atoms with E-state index in [0.717, 1.165) is 11.3 Å². The third-order valence-electron chi connectivity index (χ3n) is 4.22. The second kappa shape index (κ2) is 9.35. The molecule has 0 radical (unpaired) electrons. The van der Waals surface area contributed by atoms with Crippen molar-refractivity contribution in [2.24, 2.45) is 0 Å². The summed E-state index contributed by atoms with van der Waals surface area (Å²) in [5.41, 5.74) is 0. The van der Waals surface area contributed by atoms with Gasteiger partial charge in [-0.1, -0.05) is 12.1 Å². The Hall–Kier alpha value is -3.79. The van der Waals surface area contributed by atoms with Crippen molar-refractivity contribution < 1.29 is 33.0 Å². The van der Waals surface area contributed by atoms with Crippen LogP contribution in [0.25, 0.3) is 0 Å². The average molecular weight is 442 g/mol. The highest BCUT2D eigenvalue weighted by molar-refractivity contribution is 7.18. The minimum Gasteiger partial charge on any atom is -0.486 e. The van der Waals surface area contributed by atoms with E-state index in [1.54, 1.807) is 18.2 Å². The van der Waals surface area contributed by atoms with Gasteiger partial charge in [0.15, 0.2) is 23.9 Å². The zero-order chi connectivity index (χ0) is 21.6. The second-order valence-electron chi connectivity index (χ2n) is 6.47. The Kier molecular flexibility index (Phi) is 6.18. The Labute approximate surface area is 180 Å². The van der Waals surface area contributed by atoms with Crippen molar-refractivity contribution in [3.8, 4) is 11.5 Å². The quantitative estimate of drug-likeness (QED) is 0.541. The molecule has 0 saturated heterocycles. The van der Waals surface area contributed by atoms with E-state index in [1.807, 2.05) is 18.2 Å². The molecule has 2 amide bonds. The first-order chi connectivity index (χ1) is 15.1. The molecule has 0 spiro atoms. The topological polar surface area (TPSA) is 116 Å². The number of hydrogen-bond acceptors (Lipinski definition) is 8. The number of esters is 1. The monoisotopic (exact) mass is 442 g/mol. The van der Waals surface area contributed by atoms with Crippen LogP contribution < -0.4 is 20.1 Å². The smallest absolute Gasteiger partial charge is 0.348 e. The number of benzene rings is 1. The van der Waals surface area contributed by atoms with Gasteiger partial charge in [-0.3, -0.25) is 9.59 Å². The Bertz CT molecular complexity index is 1080. The molecule has 160 valence electrons. The van der Waals surface area contributed by atoms with Crippen molar-refractivity contribution in [1.29, 1.82) is 0 Å². The van der Waals surface area contributed by atoms with Gasteiger partial charge in [0.05, 0.1) is 17.8 Å². The summed E-state index contributed by atoms with van der Waals surface area (Å²) in [5.74, 6) is -0.113. The maximum Gasteiger partial charge on any atom is 0.348 e. The van der Waals surface area contributed by atoms with Gasteiger partial charge in [0.1, 0.15) is 17.6 Å². The SMILES string of the molecule is O=C(COC(=O)c1ccc(NC(=O)c2ccco2)s1)NCC1COc2ccccc2O1. The number of nitrogens with one attached hydrogen (secondary N) is 2. The summed E-state index contributed by atoms with van der Waals surface area (Å²) < 4.78 is 21.4. The number of carbonyl (C=O) groups excluding carboxylic acids is 3. The van der Waals surface area contributed by atoms with E-state index in [4.69, 9.17) is 18.6 Å². The van der Waals surface area contributed by atoms with Crippen LogP contribution in [0.2, 0.25) is 0 Å². The van der Waals surface area contributed by atoms with Crippen molar-refractivity contribution in [2.75, 3.05) is 25.1 Å². The maximum absolute atomic E-state index is 12.2. The molecule has 1 aliphatic heterocycles. The molecule has 3 heterocycles. The van der Waals surface area contributed by atoms with Crippen LogP contribution in [0.3, 0.4) is 0 Å². The van der Waals surface area contributed by atoms with Crippen LogP contribution in [0, 0.1) is 0 Å². The third kappa shape index (κ3) is 5.23. The molecule has 0 fully saturated rings. The van der Waals surface area contributed by atoms with Crippen molar-refractivity contribution in [2.45, 2.75) is 6.10 Å². The predicted molar refractivity (Wildman–Crippen MR) is 111 cm³/mol. The number of thiophene rings is 1. The summed E-state index contributed by atoms with van der Waals surface area (Å²) in [6, 6.07) is 13.5. The van der Waals surface area contributed by atoms with Crippen molar-refractivity contribution in [1.82, 2.24) is 5.32 Å². The lowest BCUT2D eigenvalue weighted by Gasteiger charge is -2.26. The summed E-state index contributed by atoms with van der Waals surface area (Å²) >= 11 is 1.03. The molecule has 2 aromatic heterocycles. The number of anilines is 1. The molecular formula is C21H18N2O7S. The number of amides is 2. The van der Waals surface area contributed by atoms with E-state index < -0.39 is 24.4 Å². The number of fused-ring (bicyclic) bond motifs is 1. The molecule has 10 heteroatoms. The number of para-hydroxylation sites is 2.